The van der Waals surface area contributed by atoms with Crippen molar-refractivity contribution in [1.82, 2.24) is 0 Å². The number of thiophene rings is 2. The molecular formula is C68H56N2S2. The van der Waals surface area contributed by atoms with Crippen LogP contribution in [0.25, 0.3) is 68.2 Å². The first-order chi connectivity index (χ1) is 35.2. The largest absolute Gasteiger partial charge is 0.314 e. The molecule has 1 atom stereocenters. The molecule has 13 rings (SSSR count). The molecule has 0 radical (unpaired) electrons. The summed E-state index contributed by atoms with van der Waals surface area (Å²) in [5.41, 5.74) is 20.4. The number of nitrogens with zero attached hydrogens (tertiary/aromatic N) is 2. The van der Waals surface area contributed by atoms with Gasteiger partial charge in [-0.25, -0.2) is 0 Å². The molecule has 0 aliphatic heterocycles. The van der Waals surface area contributed by atoms with E-state index in [1.54, 1.807) is 0 Å². The molecule has 9 aromatic carbocycles. The Morgan fingerprint density at radius 3 is 1.81 bits per heavy atom. The number of benzene rings is 9. The summed E-state index contributed by atoms with van der Waals surface area (Å²) in [6.07, 6.45) is 7.72. The van der Waals surface area contributed by atoms with Crippen LogP contribution < -0.4 is 9.80 Å². The monoisotopic (exact) mass is 964 g/mol. The van der Waals surface area contributed by atoms with Crippen molar-refractivity contribution in [3.63, 3.8) is 0 Å². The Labute approximate surface area is 431 Å². The highest BCUT2D eigenvalue weighted by atomic mass is 32.1. The van der Waals surface area contributed by atoms with Crippen LogP contribution >= 0.6 is 22.7 Å². The van der Waals surface area contributed by atoms with Crippen molar-refractivity contribution >= 4 is 97.0 Å². The van der Waals surface area contributed by atoms with Gasteiger partial charge in [0.2, 0.25) is 0 Å². The second kappa shape index (κ2) is 17.7. The molecule has 0 spiro atoms. The standard InChI is InChI=1S/C68H56N2S2/c1-6-43(2)53-15-7-8-16-55(53)54-35-31-49(39-44(54)3)69(50-33-37-63-60(40-50)56-17-9-12-20-62(56)68(63,4)5)47-27-23-45(24-28-47)46-25-29-48(30-26-46)70(51-34-38-66-61(41-51)58-19-11-14-22-65(58)71-66)52-32-36-59-57-18-10-13-21-64(57)72-67(59)42-52/h7-25,27-29,31-43H,6,26,30H2,1-5H3. The van der Waals surface area contributed by atoms with Crippen LogP contribution in [-0.2, 0) is 5.41 Å². The normalized spacial score (nSPS) is 14.3. The second-order valence-corrected chi connectivity index (χ2v) is 22.6. The van der Waals surface area contributed by atoms with Gasteiger partial charge in [0, 0.05) is 79.9 Å². The SMILES string of the molecule is CCC(C)c1ccccc1-c1ccc(N(c2ccc(C3=CC=C(N(c4ccc5c(c4)sc4ccccc45)c4ccc5sc6ccccc6c5c4)CC3)cc2)c2ccc3c(c2)-c2ccccc2C3(C)C)cc1C. The van der Waals surface area contributed by atoms with Gasteiger partial charge in [-0.1, -0.05) is 149 Å². The molecule has 0 saturated carbocycles. The lowest BCUT2D eigenvalue weighted by Crippen LogP contribution is -2.17. The minimum atomic E-state index is -0.0590. The number of allylic oxidation sites excluding steroid dienone is 4. The maximum Gasteiger partial charge on any atom is 0.0472 e. The van der Waals surface area contributed by atoms with Crippen molar-refractivity contribution < 1.29 is 0 Å². The highest BCUT2D eigenvalue weighted by Gasteiger charge is 2.35. The molecular weight excluding hydrogens is 909 g/mol. The molecule has 0 saturated heterocycles. The van der Waals surface area contributed by atoms with Crippen molar-refractivity contribution in [2.75, 3.05) is 9.80 Å². The van der Waals surface area contributed by atoms with E-state index in [0.29, 0.717) is 5.92 Å². The zero-order valence-corrected chi connectivity index (χ0v) is 43.2. The fraction of sp³-hybridized carbons (Fsp3) is 0.147. The number of hydrogen-bond donors (Lipinski definition) is 0. The minimum absolute atomic E-state index is 0.0590. The first-order valence-corrected chi connectivity index (χ1v) is 27.2. The van der Waals surface area contributed by atoms with Crippen LogP contribution in [0.1, 0.15) is 80.7 Å². The van der Waals surface area contributed by atoms with Gasteiger partial charge in [0.25, 0.3) is 0 Å². The third-order valence-electron chi connectivity index (χ3n) is 15.8. The van der Waals surface area contributed by atoms with Gasteiger partial charge in [-0.3, -0.25) is 0 Å². The molecule has 2 heterocycles. The number of aryl methyl sites for hydroxylation is 1. The number of hydrogen-bond acceptors (Lipinski definition) is 4. The average Bonchev–Trinajstić information content (AvgIpc) is 4.06. The molecule has 2 aliphatic carbocycles. The zero-order valence-electron chi connectivity index (χ0n) is 41.5. The highest BCUT2D eigenvalue weighted by molar-refractivity contribution is 7.26. The van der Waals surface area contributed by atoms with E-state index in [9.17, 15) is 0 Å². The van der Waals surface area contributed by atoms with E-state index in [-0.39, 0.29) is 5.41 Å². The fourth-order valence-corrected chi connectivity index (χ4v) is 14.1. The van der Waals surface area contributed by atoms with Crippen molar-refractivity contribution in [1.29, 1.82) is 0 Å². The lowest BCUT2D eigenvalue weighted by molar-refractivity contribution is 0.660. The van der Waals surface area contributed by atoms with E-state index in [1.165, 1.54) is 113 Å². The van der Waals surface area contributed by atoms with Crippen LogP contribution in [0.15, 0.2) is 212 Å². The maximum absolute atomic E-state index is 2.51. The third kappa shape index (κ3) is 7.42. The molecule has 2 nitrogen and oxygen atoms in total. The van der Waals surface area contributed by atoms with Crippen LogP contribution in [0.3, 0.4) is 0 Å². The predicted molar refractivity (Wildman–Crippen MR) is 314 cm³/mol. The predicted octanol–water partition coefficient (Wildman–Crippen LogP) is 20.6. The summed E-state index contributed by atoms with van der Waals surface area (Å²) in [6.45, 7) is 11.6. The molecule has 1 unspecified atom stereocenters. The Hall–Kier alpha value is -7.50. The van der Waals surface area contributed by atoms with E-state index in [0.717, 1.165) is 36.3 Å². The van der Waals surface area contributed by atoms with Crippen LogP contribution in [0.4, 0.5) is 28.4 Å². The minimum Gasteiger partial charge on any atom is -0.314 e. The summed E-state index contributed by atoms with van der Waals surface area (Å²) in [5.74, 6) is 0.485. The lowest BCUT2D eigenvalue weighted by atomic mass is 9.82. The summed E-state index contributed by atoms with van der Waals surface area (Å²) < 4.78 is 5.29. The summed E-state index contributed by atoms with van der Waals surface area (Å²) in [6, 6.07) is 73.2. The van der Waals surface area contributed by atoms with Crippen LogP contribution in [0.5, 0.6) is 0 Å². The van der Waals surface area contributed by atoms with E-state index >= 15 is 0 Å². The molecule has 0 N–H and O–H groups in total. The Kier molecular flexibility index (Phi) is 10.9. The Morgan fingerprint density at radius 1 is 0.458 bits per heavy atom. The first kappa shape index (κ1) is 44.4. The molecule has 0 amide bonds. The van der Waals surface area contributed by atoms with E-state index in [4.69, 9.17) is 0 Å². The molecule has 0 fully saturated rings. The molecule has 4 heteroatoms. The highest BCUT2D eigenvalue weighted by Crippen LogP contribution is 2.51. The summed E-state index contributed by atoms with van der Waals surface area (Å²) >= 11 is 3.76. The quantitative estimate of drug-likeness (QED) is 0.135. The van der Waals surface area contributed by atoms with Gasteiger partial charge in [-0.15, -0.1) is 22.7 Å². The maximum atomic E-state index is 2.51. The summed E-state index contributed by atoms with van der Waals surface area (Å²) in [4.78, 5) is 4.97. The van der Waals surface area contributed by atoms with Gasteiger partial charge < -0.3 is 9.80 Å². The van der Waals surface area contributed by atoms with E-state index in [2.05, 4.69) is 251 Å². The topological polar surface area (TPSA) is 6.48 Å². The van der Waals surface area contributed by atoms with Crippen LogP contribution in [0, 0.1) is 6.92 Å². The van der Waals surface area contributed by atoms with Gasteiger partial charge >= 0.3 is 0 Å². The fourth-order valence-electron chi connectivity index (χ4n) is 11.8. The second-order valence-electron chi connectivity index (χ2n) is 20.4. The van der Waals surface area contributed by atoms with Crippen LogP contribution in [-0.4, -0.2) is 0 Å². The smallest absolute Gasteiger partial charge is 0.0472 e. The van der Waals surface area contributed by atoms with Gasteiger partial charge in [-0.05, 0) is 173 Å². The zero-order chi connectivity index (χ0) is 48.7. The Bertz CT molecular complexity index is 3990. The van der Waals surface area contributed by atoms with Crippen molar-refractivity contribution in [3.8, 4) is 22.3 Å². The summed E-state index contributed by atoms with van der Waals surface area (Å²) in [5, 5.41) is 5.28. The number of anilines is 5. The molecule has 350 valence electrons. The molecule has 2 aliphatic rings. The molecule has 0 bridgehead atoms. The van der Waals surface area contributed by atoms with Gasteiger partial charge in [0.1, 0.15) is 0 Å². The molecule has 72 heavy (non-hydrogen) atoms. The summed E-state index contributed by atoms with van der Waals surface area (Å²) in [7, 11) is 0. The van der Waals surface area contributed by atoms with Crippen molar-refractivity contribution in [2.24, 2.45) is 0 Å². The van der Waals surface area contributed by atoms with E-state index in [1.807, 2.05) is 22.7 Å². The van der Waals surface area contributed by atoms with Gasteiger partial charge in [0.15, 0.2) is 0 Å². The third-order valence-corrected chi connectivity index (χ3v) is 18.1. The van der Waals surface area contributed by atoms with Gasteiger partial charge in [0.05, 0.1) is 0 Å². The van der Waals surface area contributed by atoms with Crippen LogP contribution in [0.2, 0.25) is 0 Å². The van der Waals surface area contributed by atoms with Crippen molar-refractivity contribution in [2.45, 2.75) is 65.2 Å². The Morgan fingerprint density at radius 2 is 1.04 bits per heavy atom. The lowest BCUT2D eigenvalue weighted by Gasteiger charge is -2.30. The molecule has 2 aromatic heterocycles. The first-order valence-electron chi connectivity index (χ1n) is 25.6. The number of fused-ring (bicyclic) bond motifs is 9. The van der Waals surface area contributed by atoms with Crippen molar-refractivity contribution in [3.05, 3.63) is 240 Å². The number of rotatable bonds is 10. The Balaban J connectivity index is 0.881. The average molecular weight is 965 g/mol. The van der Waals surface area contributed by atoms with Gasteiger partial charge in [-0.2, -0.15) is 0 Å². The van der Waals surface area contributed by atoms with E-state index < -0.39 is 0 Å². The molecule has 11 aromatic rings.